The molecule has 2 amide bonds. The number of para-hydroxylation sites is 1. The number of aliphatic carboxylic acids is 1. The number of nitro groups is 1. The largest absolute Gasteiger partial charge is 0.495 e. The van der Waals surface area contributed by atoms with E-state index in [1.807, 2.05) is 0 Å². The molecular formula is C21H20N4O9. The Bertz CT molecular complexity index is 1180. The number of hydrogen-bond donors (Lipinski definition) is 3. The number of ether oxygens (including phenoxy) is 2. The molecule has 13 nitrogen and oxygen atoms in total. The van der Waals surface area contributed by atoms with E-state index in [0.29, 0.717) is 5.56 Å². The van der Waals surface area contributed by atoms with Crippen molar-refractivity contribution in [2.24, 2.45) is 10.9 Å². The van der Waals surface area contributed by atoms with Crippen LogP contribution in [-0.4, -0.2) is 52.8 Å². The first-order chi connectivity index (χ1) is 16.1. The van der Waals surface area contributed by atoms with Crippen LogP contribution < -0.4 is 20.5 Å². The molecule has 178 valence electrons. The summed E-state index contributed by atoms with van der Waals surface area (Å²) in [6.07, 6.45) is -1.02. The van der Waals surface area contributed by atoms with Gasteiger partial charge in [0.15, 0.2) is 6.61 Å². The SMILES string of the molecule is COc1ccc([N+](=O)[O-])cc1NC(=O)[C@]1(CC(=O)O)CC(c2ccccc2OCC(N)=O)=NO1. The Morgan fingerprint density at radius 1 is 1.26 bits per heavy atom. The maximum atomic E-state index is 13.2. The number of hydrogen-bond acceptors (Lipinski definition) is 9. The molecule has 1 atom stereocenters. The van der Waals surface area contributed by atoms with Gasteiger partial charge in [-0.05, 0) is 18.2 Å². The average Bonchev–Trinajstić information content (AvgIpc) is 3.22. The molecular weight excluding hydrogens is 452 g/mol. The molecule has 0 saturated carbocycles. The van der Waals surface area contributed by atoms with Gasteiger partial charge in [0.05, 0.1) is 29.9 Å². The van der Waals surface area contributed by atoms with Gasteiger partial charge < -0.3 is 30.5 Å². The fourth-order valence-electron chi connectivity index (χ4n) is 3.29. The fourth-order valence-corrected chi connectivity index (χ4v) is 3.29. The highest BCUT2D eigenvalue weighted by Gasteiger charge is 2.49. The van der Waals surface area contributed by atoms with Gasteiger partial charge in [-0.25, -0.2) is 0 Å². The number of nitrogens with one attached hydrogen (secondary N) is 1. The van der Waals surface area contributed by atoms with Crippen molar-refractivity contribution in [2.75, 3.05) is 19.0 Å². The van der Waals surface area contributed by atoms with E-state index >= 15 is 0 Å². The zero-order chi connectivity index (χ0) is 24.9. The second-order valence-electron chi connectivity index (χ2n) is 7.22. The summed E-state index contributed by atoms with van der Waals surface area (Å²) in [5.74, 6) is -2.59. The van der Waals surface area contributed by atoms with Crippen LogP contribution in [0.2, 0.25) is 0 Å². The van der Waals surface area contributed by atoms with Crippen molar-refractivity contribution in [2.45, 2.75) is 18.4 Å². The summed E-state index contributed by atoms with van der Waals surface area (Å²) in [7, 11) is 1.31. The van der Waals surface area contributed by atoms with Crippen molar-refractivity contribution in [3.8, 4) is 11.5 Å². The third-order valence-electron chi connectivity index (χ3n) is 4.84. The van der Waals surface area contributed by atoms with Crippen LogP contribution in [0.4, 0.5) is 11.4 Å². The normalized spacial score (nSPS) is 16.7. The van der Waals surface area contributed by atoms with E-state index in [4.69, 9.17) is 20.0 Å². The lowest BCUT2D eigenvalue weighted by atomic mass is 9.89. The van der Waals surface area contributed by atoms with Crippen LogP contribution in [0, 0.1) is 10.1 Å². The molecule has 0 unspecified atom stereocenters. The lowest BCUT2D eigenvalue weighted by Crippen LogP contribution is -2.45. The van der Waals surface area contributed by atoms with Gasteiger partial charge in [-0.2, -0.15) is 0 Å². The van der Waals surface area contributed by atoms with Gasteiger partial charge >= 0.3 is 5.97 Å². The standard InChI is InChI=1S/C21H20N4O9/c1-32-17-7-6-12(25(30)31)8-14(17)23-20(29)21(10-19(27)28)9-15(24-34-21)13-4-2-3-5-16(13)33-11-18(22)26/h2-8H,9-11H2,1H3,(H2,22,26)(H,23,29)(H,27,28)/t21-/m1/s1. The van der Waals surface area contributed by atoms with Crippen molar-refractivity contribution in [1.29, 1.82) is 0 Å². The number of benzene rings is 2. The highest BCUT2D eigenvalue weighted by atomic mass is 16.7. The summed E-state index contributed by atoms with van der Waals surface area (Å²) in [6, 6.07) is 10.00. The number of carboxylic acids is 1. The molecule has 0 saturated heterocycles. The van der Waals surface area contributed by atoms with E-state index in [9.17, 15) is 29.6 Å². The van der Waals surface area contributed by atoms with Crippen LogP contribution in [0.15, 0.2) is 47.6 Å². The van der Waals surface area contributed by atoms with Crippen molar-refractivity contribution in [3.05, 3.63) is 58.1 Å². The number of carboxylic acid groups (broad SMARTS) is 1. The molecule has 0 bridgehead atoms. The molecule has 2 aromatic rings. The molecule has 1 aliphatic heterocycles. The highest BCUT2D eigenvalue weighted by molar-refractivity contribution is 6.10. The molecule has 34 heavy (non-hydrogen) atoms. The van der Waals surface area contributed by atoms with E-state index in [-0.39, 0.29) is 35.0 Å². The summed E-state index contributed by atoms with van der Waals surface area (Å²) in [4.78, 5) is 51.7. The second-order valence-corrected chi connectivity index (χ2v) is 7.22. The predicted molar refractivity (Wildman–Crippen MR) is 117 cm³/mol. The molecule has 13 heteroatoms. The maximum Gasteiger partial charge on any atom is 0.308 e. The number of primary amides is 1. The van der Waals surface area contributed by atoms with Crippen LogP contribution in [0.25, 0.3) is 0 Å². The Kier molecular flexibility index (Phi) is 6.95. The molecule has 4 N–H and O–H groups in total. The third kappa shape index (κ3) is 5.20. The number of rotatable bonds is 10. The Balaban J connectivity index is 1.90. The summed E-state index contributed by atoms with van der Waals surface area (Å²) in [5, 5.41) is 26.9. The number of oxime groups is 1. The number of non-ortho nitro benzene ring substituents is 1. The van der Waals surface area contributed by atoms with Gasteiger partial charge in [-0.1, -0.05) is 17.3 Å². The van der Waals surface area contributed by atoms with Crippen LogP contribution in [0.1, 0.15) is 18.4 Å². The molecule has 2 aromatic carbocycles. The first-order valence-corrected chi connectivity index (χ1v) is 9.76. The Hall–Kier alpha value is -4.68. The van der Waals surface area contributed by atoms with Gasteiger partial charge in [0.25, 0.3) is 17.5 Å². The van der Waals surface area contributed by atoms with Crippen molar-refractivity contribution in [1.82, 2.24) is 0 Å². The fraction of sp³-hybridized carbons (Fsp3) is 0.238. The molecule has 3 rings (SSSR count). The number of nitrogens with two attached hydrogens (primary N) is 1. The molecule has 1 heterocycles. The quantitative estimate of drug-likeness (QED) is 0.339. The number of anilines is 1. The van der Waals surface area contributed by atoms with Crippen molar-refractivity contribution in [3.63, 3.8) is 0 Å². The monoisotopic (exact) mass is 472 g/mol. The molecule has 0 spiro atoms. The van der Waals surface area contributed by atoms with Crippen LogP contribution >= 0.6 is 0 Å². The average molecular weight is 472 g/mol. The van der Waals surface area contributed by atoms with Crippen molar-refractivity contribution < 1.29 is 38.7 Å². The van der Waals surface area contributed by atoms with Gasteiger partial charge in [0.1, 0.15) is 11.5 Å². The molecule has 0 aliphatic carbocycles. The molecule has 0 fully saturated rings. The van der Waals surface area contributed by atoms with E-state index in [1.165, 1.54) is 19.2 Å². The lowest BCUT2D eigenvalue weighted by molar-refractivity contribution is -0.384. The topological polar surface area (TPSA) is 193 Å². The number of methoxy groups -OCH3 is 1. The second kappa shape index (κ2) is 9.85. The van der Waals surface area contributed by atoms with E-state index < -0.39 is 41.3 Å². The molecule has 0 radical (unpaired) electrons. The summed E-state index contributed by atoms with van der Waals surface area (Å²) < 4.78 is 10.5. The highest BCUT2D eigenvalue weighted by Crippen LogP contribution is 2.36. The minimum Gasteiger partial charge on any atom is -0.495 e. The Morgan fingerprint density at radius 2 is 2.00 bits per heavy atom. The minimum absolute atomic E-state index is 0.0475. The van der Waals surface area contributed by atoms with Gasteiger partial charge in [-0.15, -0.1) is 0 Å². The summed E-state index contributed by atoms with van der Waals surface area (Å²) in [5.41, 5.74) is 3.36. The number of nitro benzene ring substituents is 1. The number of carbonyl (C=O) groups excluding carboxylic acids is 2. The first kappa shape index (κ1) is 24.0. The smallest absolute Gasteiger partial charge is 0.308 e. The van der Waals surface area contributed by atoms with Crippen LogP contribution in [-0.2, 0) is 19.2 Å². The maximum absolute atomic E-state index is 13.2. The van der Waals surface area contributed by atoms with Gasteiger partial charge in [-0.3, -0.25) is 24.5 Å². The van der Waals surface area contributed by atoms with Crippen LogP contribution in [0.3, 0.4) is 0 Å². The van der Waals surface area contributed by atoms with Crippen molar-refractivity contribution >= 4 is 34.9 Å². The molecule has 0 aromatic heterocycles. The summed E-state index contributed by atoms with van der Waals surface area (Å²) >= 11 is 0. The Labute approximate surface area is 192 Å². The van der Waals surface area contributed by atoms with E-state index in [1.54, 1.807) is 24.3 Å². The lowest BCUT2D eigenvalue weighted by Gasteiger charge is -2.24. The van der Waals surface area contributed by atoms with E-state index in [0.717, 1.165) is 6.07 Å². The first-order valence-electron chi connectivity index (χ1n) is 9.76. The van der Waals surface area contributed by atoms with Gasteiger partial charge in [0.2, 0.25) is 5.60 Å². The summed E-state index contributed by atoms with van der Waals surface area (Å²) in [6.45, 7) is -0.404. The number of carbonyl (C=O) groups is 3. The Morgan fingerprint density at radius 3 is 2.65 bits per heavy atom. The molecule has 1 aliphatic rings. The zero-order valence-electron chi connectivity index (χ0n) is 17.8. The van der Waals surface area contributed by atoms with E-state index in [2.05, 4.69) is 10.5 Å². The third-order valence-corrected chi connectivity index (χ3v) is 4.84. The van der Waals surface area contributed by atoms with Crippen LogP contribution in [0.5, 0.6) is 11.5 Å². The number of nitrogens with zero attached hydrogens (tertiary/aromatic N) is 2. The zero-order valence-corrected chi connectivity index (χ0v) is 17.8. The van der Waals surface area contributed by atoms with Gasteiger partial charge in [0, 0.05) is 24.1 Å². The number of amides is 2. The minimum atomic E-state index is -1.96. The predicted octanol–water partition coefficient (Wildman–Crippen LogP) is 1.44.